The number of nitrogens with zero attached hydrogens (tertiary/aromatic N) is 1. The first-order chi connectivity index (χ1) is 22.9. The summed E-state index contributed by atoms with van der Waals surface area (Å²) in [5.41, 5.74) is 0.0687. The fourth-order valence-corrected chi connectivity index (χ4v) is 11.4. The van der Waals surface area contributed by atoms with Gasteiger partial charge in [-0.15, -0.1) is 0 Å². The molecule has 0 unspecified atom stereocenters. The lowest BCUT2D eigenvalue weighted by molar-refractivity contribution is -0.298. The molecule has 0 radical (unpaired) electrons. The number of hydrogen-bond donors (Lipinski definition) is 1. The minimum atomic E-state index is -1.51. The zero-order valence-corrected chi connectivity index (χ0v) is 32.2. The molecule has 0 aliphatic carbocycles. The van der Waals surface area contributed by atoms with E-state index in [0.717, 1.165) is 0 Å². The first-order valence-electron chi connectivity index (χ1n) is 19.8. The third kappa shape index (κ3) is 26.8. The molecule has 0 atom stereocenters. The van der Waals surface area contributed by atoms with Crippen LogP contribution in [0.25, 0.3) is 6.08 Å². The molecule has 0 aromatic heterocycles. The minimum absolute atomic E-state index is 0.0779. The van der Waals surface area contributed by atoms with Crippen LogP contribution in [0.3, 0.4) is 0 Å². The van der Waals surface area contributed by atoms with Crippen LogP contribution in [0.5, 0.6) is 5.75 Å². The lowest BCUT2D eigenvalue weighted by Crippen LogP contribution is -2.23. The Kier molecular flexibility index (Phi) is 31.4. The molecule has 0 spiro atoms. The van der Waals surface area contributed by atoms with E-state index < -0.39 is 18.8 Å². The van der Waals surface area contributed by atoms with Crippen LogP contribution in [0.2, 0.25) is 0 Å². The normalized spacial score (nSPS) is 11.6. The summed E-state index contributed by atoms with van der Waals surface area (Å²) in [5.74, 6) is -1.44. The zero-order chi connectivity index (χ0) is 34.9. The van der Waals surface area contributed by atoms with Crippen molar-refractivity contribution in [2.45, 2.75) is 182 Å². The summed E-state index contributed by atoms with van der Waals surface area (Å²) in [6.45, 7) is 9.41. The summed E-state index contributed by atoms with van der Waals surface area (Å²) in [5, 5.41) is 27.7. The molecule has 0 aliphatic rings. The topological polar surface area (TPSA) is 84.1 Å². The SMILES string of the molecule is CCCCCCCCCCCCCC[P+](CCCCCC)(CCCCCC)CCCCCC.N#C/C(=C\c1ccc(O)cc1)C(=O)[O-]. The van der Waals surface area contributed by atoms with Crippen LogP contribution in [0.4, 0.5) is 0 Å². The fourth-order valence-electron chi connectivity index (χ4n) is 6.46. The molecule has 0 aliphatic heterocycles. The Hall–Kier alpha value is -1.85. The van der Waals surface area contributed by atoms with Crippen molar-refractivity contribution in [2.75, 3.05) is 24.6 Å². The Morgan fingerprint density at radius 3 is 1.19 bits per heavy atom. The molecule has 1 rings (SSSR count). The van der Waals surface area contributed by atoms with Crippen molar-refractivity contribution in [2.24, 2.45) is 0 Å². The van der Waals surface area contributed by atoms with Gasteiger partial charge < -0.3 is 15.0 Å². The van der Waals surface area contributed by atoms with Gasteiger partial charge in [0, 0.05) is 7.26 Å². The molecule has 4 nitrogen and oxygen atoms in total. The van der Waals surface area contributed by atoms with E-state index in [1.807, 2.05) is 0 Å². The molecule has 0 saturated carbocycles. The molecule has 1 aromatic carbocycles. The van der Waals surface area contributed by atoms with Gasteiger partial charge in [0.05, 0.1) is 36.2 Å². The number of rotatable bonds is 30. The molecule has 1 aromatic rings. The van der Waals surface area contributed by atoms with E-state index in [-0.39, 0.29) is 5.75 Å². The molecular weight excluding hydrogens is 597 g/mol. The lowest BCUT2D eigenvalue weighted by Gasteiger charge is -2.28. The van der Waals surface area contributed by atoms with E-state index in [1.165, 1.54) is 165 Å². The Bertz CT molecular complexity index is 890. The van der Waals surface area contributed by atoms with Gasteiger partial charge in [0.2, 0.25) is 0 Å². The predicted molar refractivity (Wildman–Crippen MR) is 207 cm³/mol. The summed E-state index contributed by atoms with van der Waals surface area (Å²) in [7, 11) is -0.697. The van der Waals surface area contributed by atoms with Gasteiger partial charge in [-0.2, -0.15) is 5.26 Å². The summed E-state index contributed by atoms with van der Waals surface area (Å²) in [6.07, 6.45) is 43.3. The molecule has 1 N–H and O–H groups in total. The number of aromatic hydroxyl groups is 1. The van der Waals surface area contributed by atoms with Crippen molar-refractivity contribution in [3.63, 3.8) is 0 Å². The molecular formula is C42H74NO3P. The van der Waals surface area contributed by atoms with Gasteiger partial charge in [0.1, 0.15) is 11.8 Å². The van der Waals surface area contributed by atoms with Crippen LogP contribution in [0.1, 0.15) is 187 Å². The Labute approximate surface area is 292 Å². The largest absolute Gasteiger partial charge is 0.544 e. The maximum atomic E-state index is 10.4. The molecule has 5 heteroatoms. The smallest absolute Gasteiger partial charge is 0.115 e. The highest BCUT2D eigenvalue weighted by molar-refractivity contribution is 7.75. The minimum Gasteiger partial charge on any atom is -0.544 e. The second kappa shape index (κ2) is 32.7. The number of phenolic OH excluding ortho intramolecular Hbond substituents is 1. The van der Waals surface area contributed by atoms with Gasteiger partial charge in [-0.25, -0.2) is 0 Å². The number of unbranched alkanes of at least 4 members (excludes halogenated alkanes) is 20. The van der Waals surface area contributed by atoms with Gasteiger partial charge in [-0.3, -0.25) is 0 Å². The molecule has 0 bridgehead atoms. The van der Waals surface area contributed by atoms with E-state index in [9.17, 15) is 9.90 Å². The second-order valence-corrected chi connectivity index (χ2v) is 18.3. The second-order valence-electron chi connectivity index (χ2n) is 13.9. The number of carboxylic acids is 1. The number of carbonyl (C=O) groups is 1. The van der Waals surface area contributed by atoms with Crippen molar-refractivity contribution < 1.29 is 15.0 Å². The number of carboxylic acid groups (broad SMARTS) is 1. The van der Waals surface area contributed by atoms with E-state index in [1.54, 1.807) is 50.3 Å². The fraction of sp³-hybridized carbons (Fsp3) is 0.762. The zero-order valence-electron chi connectivity index (χ0n) is 31.3. The highest BCUT2D eigenvalue weighted by Gasteiger charge is 2.34. The average molecular weight is 672 g/mol. The van der Waals surface area contributed by atoms with Gasteiger partial charge >= 0.3 is 0 Å². The first kappa shape index (κ1) is 45.2. The van der Waals surface area contributed by atoms with Gasteiger partial charge in [0.15, 0.2) is 0 Å². The number of carbonyl (C=O) groups excluding carboxylic acids is 1. The first-order valence-corrected chi connectivity index (χ1v) is 22.4. The third-order valence-electron chi connectivity index (χ3n) is 9.49. The third-order valence-corrected chi connectivity index (χ3v) is 14.5. The predicted octanol–water partition coefficient (Wildman–Crippen LogP) is 12.5. The quantitative estimate of drug-likeness (QED) is 0.0382. The van der Waals surface area contributed by atoms with Crippen molar-refractivity contribution in [1.82, 2.24) is 0 Å². The molecule has 270 valence electrons. The number of nitriles is 1. The van der Waals surface area contributed by atoms with Crippen LogP contribution >= 0.6 is 7.26 Å². The Morgan fingerprint density at radius 2 is 0.894 bits per heavy atom. The van der Waals surface area contributed by atoms with Crippen molar-refractivity contribution in [3.05, 3.63) is 35.4 Å². The monoisotopic (exact) mass is 672 g/mol. The van der Waals surface area contributed by atoms with Crippen LogP contribution in [-0.2, 0) is 4.79 Å². The van der Waals surface area contributed by atoms with Gasteiger partial charge in [0.25, 0.3) is 0 Å². The highest BCUT2D eigenvalue weighted by Crippen LogP contribution is 2.61. The molecule has 0 heterocycles. The van der Waals surface area contributed by atoms with Crippen molar-refractivity contribution in [1.29, 1.82) is 5.26 Å². The molecule has 0 amide bonds. The summed E-state index contributed by atoms with van der Waals surface area (Å²) in [4.78, 5) is 10.4. The summed E-state index contributed by atoms with van der Waals surface area (Å²) < 4.78 is 0. The van der Waals surface area contributed by atoms with E-state index in [0.29, 0.717) is 5.56 Å². The van der Waals surface area contributed by atoms with Gasteiger partial charge in [-0.1, -0.05) is 143 Å². The maximum absolute atomic E-state index is 10.4. The van der Waals surface area contributed by atoms with Crippen LogP contribution in [0, 0.1) is 11.3 Å². The molecule has 0 fully saturated rings. The Balaban J connectivity index is 0.00000125. The average Bonchev–Trinajstić information content (AvgIpc) is 3.07. The number of aliphatic carboxylic acids is 1. The molecule has 0 saturated heterocycles. The van der Waals surface area contributed by atoms with Gasteiger partial charge in [-0.05, 0) is 75.1 Å². The molecule has 47 heavy (non-hydrogen) atoms. The Morgan fingerprint density at radius 1 is 0.596 bits per heavy atom. The van der Waals surface area contributed by atoms with Crippen LogP contribution in [-0.4, -0.2) is 35.7 Å². The van der Waals surface area contributed by atoms with E-state index >= 15 is 0 Å². The lowest BCUT2D eigenvalue weighted by atomic mass is 10.1. The van der Waals surface area contributed by atoms with Crippen LogP contribution < -0.4 is 5.11 Å². The number of phenols is 1. The van der Waals surface area contributed by atoms with Crippen molar-refractivity contribution in [3.8, 4) is 11.8 Å². The maximum Gasteiger partial charge on any atom is 0.115 e. The standard InChI is InChI=1S/C32H68P.C10H7NO3/c1-5-9-13-17-18-19-20-21-22-23-24-28-32-33(29-25-14-10-6-2,30-26-15-11-7-3)31-27-16-12-8-4;11-6-8(10(13)14)5-7-1-3-9(12)4-2-7/h5-32H2,1-4H3;1-5,12H,(H,13,14)/q+1;/p-1/b;8-5+. The van der Waals surface area contributed by atoms with E-state index in [4.69, 9.17) is 10.4 Å². The summed E-state index contributed by atoms with van der Waals surface area (Å²) >= 11 is 0. The number of benzene rings is 1. The highest BCUT2D eigenvalue weighted by atomic mass is 31.2. The van der Waals surface area contributed by atoms with Crippen molar-refractivity contribution >= 4 is 19.3 Å². The van der Waals surface area contributed by atoms with E-state index in [2.05, 4.69) is 27.7 Å². The number of hydrogen-bond acceptors (Lipinski definition) is 4. The summed E-state index contributed by atoms with van der Waals surface area (Å²) in [6, 6.07) is 7.29. The van der Waals surface area contributed by atoms with Crippen LogP contribution in [0.15, 0.2) is 29.8 Å².